The van der Waals surface area contributed by atoms with Crippen LogP contribution in [0.3, 0.4) is 0 Å². The number of nitrogens with one attached hydrogen (secondary N) is 1. The Morgan fingerprint density at radius 1 is 1.41 bits per heavy atom. The van der Waals surface area contributed by atoms with Crippen LogP contribution >= 0.6 is 15.9 Å². The van der Waals surface area contributed by atoms with Crippen molar-refractivity contribution < 1.29 is 4.79 Å². The lowest BCUT2D eigenvalue weighted by Gasteiger charge is -2.22. The monoisotopic (exact) mass is 297 g/mol. The molecule has 17 heavy (non-hydrogen) atoms. The summed E-state index contributed by atoms with van der Waals surface area (Å²) < 4.78 is 1.03. The van der Waals surface area contributed by atoms with E-state index >= 15 is 0 Å². The van der Waals surface area contributed by atoms with Gasteiger partial charge >= 0.3 is 0 Å². The highest BCUT2D eigenvalue weighted by molar-refractivity contribution is 9.10. The molecule has 0 unspecified atom stereocenters. The Morgan fingerprint density at radius 2 is 2.06 bits per heavy atom. The van der Waals surface area contributed by atoms with Crippen LogP contribution in [-0.4, -0.2) is 12.5 Å². The maximum atomic E-state index is 11.9. The number of carbonyl (C=O) groups excluding carboxylic acids is 1. The van der Waals surface area contributed by atoms with E-state index in [1.165, 1.54) is 0 Å². The average molecular weight is 298 g/mol. The van der Waals surface area contributed by atoms with Gasteiger partial charge in [0.2, 0.25) is 0 Å². The molecule has 0 aliphatic rings. The molecule has 1 rings (SSSR count). The van der Waals surface area contributed by atoms with Crippen LogP contribution in [-0.2, 0) is 0 Å². The van der Waals surface area contributed by atoms with Crippen LogP contribution in [0.1, 0.15) is 43.1 Å². The predicted molar refractivity (Wildman–Crippen MR) is 75.3 cm³/mol. The lowest BCUT2D eigenvalue weighted by molar-refractivity contribution is 0.0935. The minimum Gasteiger partial charge on any atom is -0.352 e. The van der Waals surface area contributed by atoms with Gasteiger partial charge in [-0.05, 0) is 42.5 Å². The molecule has 1 aromatic carbocycles. The van der Waals surface area contributed by atoms with Crippen LogP contribution < -0.4 is 5.32 Å². The normalized spacial score (nSPS) is 11.4. The van der Waals surface area contributed by atoms with Gasteiger partial charge in [0.15, 0.2) is 0 Å². The Hall–Kier alpha value is -0.830. The number of carbonyl (C=O) groups is 1. The maximum absolute atomic E-state index is 11.9. The molecule has 0 aromatic heterocycles. The summed E-state index contributed by atoms with van der Waals surface area (Å²) in [5.41, 5.74) is 1.95. The molecule has 0 fully saturated rings. The third kappa shape index (κ3) is 4.15. The number of hydrogen-bond acceptors (Lipinski definition) is 1. The quantitative estimate of drug-likeness (QED) is 0.896. The van der Waals surface area contributed by atoms with Crippen molar-refractivity contribution in [2.75, 3.05) is 6.54 Å². The van der Waals surface area contributed by atoms with Gasteiger partial charge in [-0.25, -0.2) is 0 Å². The van der Waals surface area contributed by atoms with E-state index in [1.807, 2.05) is 25.1 Å². The average Bonchev–Trinajstić information content (AvgIpc) is 2.30. The SMILES string of the molecule is CCC(C)(C)CNC(=O)c1ccc(Br)c(C)c1. The number of amides is 1. The van der Waals surface area contributed by atoms with E-state index < -0.39 is 0 Å². The first-order valence-corrected chi connectivity index (χ1v) is 6.69. The number of aryl methyl sites for hydroxylation is 1. The first-order valence-electron chi connectivity index (χ1n) is 5.90. The molecular weight excluding hydrogens is 278 g/mol. The van der Waals surface area contributed by atoms with Crippen LogP contribution in [0.4, 0.5) is 0 Å². The fourth-order valence-electron chi connectivity index (χ4n) is 1.33. The van der Waals surface area contributed by atoms with E-state index in [9.17, 15) is 4.79 Å². The van der Waals surface area contributed by atoms with Gasteiger partial charge in [-0.1, -0.05) is 36.7 Å². The molecule has 0 radical (unpaired) electrons. The highest BCUT2D eigenvalue weighted by Gasteiger charge is 2.16. The van der Waals surface area contributed by atoms with E-state index in [4.69, 9.17) is 0 Å². The van der Waals surface area contributed by atoms with Crippen LogP contribution in [0, 0.1) is 12.3 Å². The van der Waals surface area contributed by atoms with Gasteiger partial charge in [-0.3, -0.25) is 4.79 Å². The predicted octanol–water partition coefficient (Wildman–Crippen LogP) is 3.92. The van der Waals surface area contributed by atoms with E-state index in [-0.39, 0.29) is 11.3 Å². The molecule has 1 N–H and O–H groups in total. The molecule has 0 spiro atoms. The fourth-order valence-corrected chi connectivity index (χ4v) is 1.58. The minimum absolute atomic E-state index is 0.00197. The molecule has 0 bridgehead atoms. The smallest absolute Gasteiger partial charge is 0.251 e. The summed E-state index contributed by atoms with van der Waals surface area (Å²) in [5.74, 6) is 0.00197. The Labute approximate surface area is 112 Å². The first-order chi connectivity index (χ1) is 7.85. The molecule has 0 atom stereocenters. The van der Waals surface area contributed by atoms with Gasteiger partial charge in [-0.2, -0.15) is 0 Å². The maximum Gasteiger partial charge on any atom is 0.251 e. The van der Waals surface area contributed by atoms with Crippen LogP contribution in [0.2, 0.25) is 0 Å². The molecule has 0 heterocycles. The fraction of sp³-hybridized carbons (Fsp3) is 0.500. The summed E-state index contributed by atoms with van der Waals surface area (Å²) >= 11 is 3.43. The molecule has 2 nitrogen and oxygen atoms in total. The second-order valence-electron chi connectivity index (χ2n) is 5.16. The van der Waals surface area contributed by atoms with Crippen molar-refractivity contribution in [1.82, 2.24) is 5.32 Å². The molecule has 1 aromatic rings. The number of rotatable bonds is 4. The van der Waals surface area contributed by atoms with Gasteiger partial charge in [0.05, 0.1) is 0 Å². The molecule has 1 amide bonds. The van der Waals surface area contributed by atoms with E-state index in [1.54, 1.807) is 0 Å². The molecular formula is C14H20BrNO. The van der Waals surface area contributed by atoms with Crippen LogP contribution in [0.5, 0.6) is 0 Å². The topological polar surface area (TPSA) is 29.1 Å². The second kappa shape index (κ2) is 5.67. The van der Waals surface area contributed by atoms with Gasteiger partial charge in [0.25, 0.3) is 5.91 Å². The van der Waals surface area contributed by atoms with Crippen molar-refractivity contribution in [3.8, 4) is 0 Å². The number of halogens is 1. The summed E-state index contributed by atoms with van der Waals surface area (Å²) in [5, 5.41) is 2.98. The zero-order valence-corrected chi connectivity index (χ0v) is 12.5. The van der Waals surface area contributed by atoms with Gasteiger partial charge in [-0.15, -0.1) is 0 Å². The molecule has 94 valence electrons. The minimum atomic E-state index is 0.00197. The lowest BCUT2D eigenvalue weighted by atomic mass is 9.90. The van der Waals surface area contributed by atoms with Crippen molar-refractivity contribution >= 4 is 21.8 Å². The third-order valence-corrected chi connectivity index (χ3v) is 3.99. The zero-order valence-electron chi connectivity index (χ0n) is 10.9. The second-order valence-corrected chi connectivity index (χ2v) is 6.02. The Kier molecular flexibility index (Phi) is 4.75. The third-order valence-electron chi connectivity index (χ3n) is 3.10. The Bertz CT molecular complexity index is 413. The Morgan fingerprint density at radius 3 is 2.59 bits per heavy atom. The molecule has 0 saturated carbocycles. The van der Waals surface area contributed by atoms with Crippen molar-refractivity contribution in [2.45, 2.75) is 34.1 Å². The first kappa shape index (κ1) is 14.2. The van der Waals surface area contributed by atoms with Crippen LogP contribution in [0.15, 0.2) is 22.7 Å². The van der Waals surface area contributed by atoms with Crippen LogP contribution in [0.25, 0.3) is 0 Å². The standard InChI is InChI=1S/C14H20BrNO/c1-5-14(3,4)9-16-13(17)11-6-7-12(15)10(2)8-11/h6-8H,5,9H2,1-4H3,(H,16,17). The van der Waals surface area contributed by atoms with E-state index in [2.05, 4.69) is 42.0 Å². The molecule has 0 aliphatic heterocycles. The molecule has 0 saturated heterocycles. The van der Waals surface area contributed by atoms with Crippen molar-refractivity contribution in [3.05, 3.63) is 33.8 Å². The van der Waals surface area contributed by atoms with Gasteiger partial charge in [0.1, 0.15) is 0 Å². The zero-order chi connectivity index (χ0) is 13.1. The molecule has 3 heteroatoms. The van der Waals surface area contributed by atoms with E-state index in [0.29, 0.717) is 6.54 Å². The van der Waals surface area contributed by atoms with Gasteiger partial charge < -0.3 is 5.32 Å². The Balaban J connectivity index is 2.68. The highest BCUT2D eigenvalue weighted by atomic mass is 79.9. The summed E-state index contributed by atoms with van der Waals surface area (Å²) in [4.78, 5) is 11.9. The summed E-state index contributed by atoms with van der Waals surface area (Å²) in [7, 11) is 0. The molecule has 0 aliphatic carbocycles. The summed E-state index contributed by atoms with van der Waals surface area (Å²) in [6, 6.07) is 5.65. The highest BCUT2D eigenvalue weighted by Crippen LogP contribution is 2.19. The summed E-state index contributed by atoms with van der Waals surface area (Å²) in [6.45, 7) is 9.13. The number of benzene rings is 1. The largest absolute Gasteiger partial charge is 0.352 e. The van der Waals surface area contributed by atoms with Crippen molar-refractivity contribution in [3.63, 3.8) is 0 Å². The van der Waals surface area contributed by atoms with E-state index in [0.717, 1.165) is 22.0 Å². The number of hydrogen-bond donors (Lipinski definition) is 1. The lowest BCUT2D eigenvalue weighted by Crippen LogP contribution is -2.33. The van der Waals surface area contributed by atoms with Crippen molar-refractivity contribution in [1.29, 1.82) is 0 Å². The van der Waals surface area contributed by atoms with Crippen molar-refractivity contribution in [2.24, 2.45) is 5.41 Å². The van der Waals surface area contributed by atoms with Gasteiger partial charge in [0, 0.05) is 16.6 Å². The summed E-state index contributed by atoms with van der Waals surface area (Å²) in [6.07, 6.45) is 1.05.